The molecule has 0 aromatic carbocycles. The van der Waals surface area contributed by atoms with Crippen LogP contribution in [0.4, 0.5) is 0 Å². The van der Waals surface area contributed by atoms with E-state index in [1.54, 1.807) is 18.4 Å². The Morgan fingerprint density at radius 1 is 1.15 bits per heavy atom. The Balaban J connectivity index is 0. The van der Waals surface area contributed by atoms with Crippen LogP contribution in [0, 0.1) is 0 Å². The molecule has 0 saturated carbocycles. The van der Waals surface area contributed by atoms with Gasteiger partial charge in [0, 0.05) is 0 Å². The molecular weight excluding hydrogens is 344 g/mol. The van der Waals surface area contributed by atoms with Gasteiger partial charge in [-0.1, -0.05) is 41.7 Å². The Labute approximate surface area is 160 Å². The average Bonchev–Trinajstić information content (AvgIpc) is 3.19. The van der Waals surface area contributed by atoms with Crippen molar-refractivity contribution in [2.24, 2.45) is 0 Å². The van der Waals surface area contributed by atoms with Crippen LogP contribution in [0.25, 0.3) is 0 Å². The third-order valence-corrected chi connectivity index (χ3v) is 8.63. The van der Waals surface area contributed by atoms with E-state index < -0.39 is 8.32 Å². The second kappa shape index (κ2) is 11.7. The molecule has 1 atom stereocenters. The average molecular weight is 381 g/mol. The summed E-state index contributed by atoms with van der Waals surface area (Å²) in [5.74, 6) is 1.27. The predicted molar refractivity (Wildman–Crippen MR) is 112 cm³/mol. The molecule has 0 aliphatic rings. The highest BCUT2D eigenvalue weighted by Crippen LogP contribution is 2.40. The molecule has 2 rings (SSSR count). The summed E-state index contributed by atoms with van der Waals surface area (Å²) in [6, 6.07) is 7.15. The number of rotatable bonds is 6. The fraction of sp³-hybridized carbons (Fsp3) is 0.476. The van der Waals surface area contributed by atoms with Crippen molar-refractivity contribution in [3.63, 3.8) is 0 Å². The van der Waals surface area contributed by atoms with E-state index in [-0.39, 0.29) is 26.0 Å². The number of aldehydes is 1. The third kappa shape index (κ3) is 8.02. The van der Waals surface area contributed by atoms with Gasteiger partial charge in [-0.15, -0.1) is 6.58 Å². The lowest BCUT2D eigenvalue weighted by atomic mass is 10.2. The van der Waals surface area contributed by atoms with Gasteiger partial charge in [-0.05, 0) is 48.8 Å². The van der Waals surface area contributed by atoms with Crippen molar-refractivity contribution in [3.05, 3.63) is 61.0 Å². The number of hydrogen-bond acceptors (Lipinski definition) is 4. The van der Waals surface area contributed by atoms with E-state index in [4.69, 9.17) is 8.84 Å². The molecule has 2 heterocycles. The summed E-state index contributed by atoms with van der Waals surface area (Å²) in [6.45, 7) is 15.0. The van der Waals surface area contributed by atoms with Crippen molar-refractivity contribution < 1.29 is 18.1 Å². The Morgan fingerprint density at radius 3 is 2.08 bits per heavy atom. The van der Waals surface area contributed by atoms with Crippen LogP contribution in [0.5, 0.6) is 0 Å². The van der Waals surface area contributed by atoms with Gasteiger partial charge in [0.05, 0.1) is 12.5 Å². The lowest BCUT2D eigenvalue weighted by molar-refractivity contribution is 0.110. The lowest BCUT2D eigenvalue weighted by Gasteiger charge is -2.38. The fourth-order valence-electron chi connectivity index (χ4n) is 1.74. The van der Waals surface area contributed by atoms with Crippen LogP contribution in [0.15, 0.2) is 58.3 Å². The number of carbonyl (C=O) groups excluding carboxylic acids is 1. The molecule has 26 heavy (non-hydrogen) atoms. The highest BCUT2D eigenvalue weighted by molar-refractivity contribution is 6.74. The van der Waals surface area contributed by atoms with Crippen molar-refractivity contribution in [1.29, 1.82) is 0 Å². The van der Waals surface area contributed by atoms with Gasteiger partial charge < -0.3 is 13.3 Å². The van der Waals surface area contributed by atoms with E-state index in [2.05, 4.69) is 44.9 Å². The first-order chi connectivity index (χ1) is 11.2. The maximum Gasteiger partial charge on any atom is 0.193 e. The minimum absolute atomic E-state index is 0. The topological polar surface area (TPSA) is 52.6 Å². The van der Waals surface area contributed by atoms with Gasteiger partial charge in [0.15, 0.2) is 20.4 Å². The molecule has 0 aliphatic heterocycles. The number of hydrogen-bond donors (Lipinski definition) is 0. The van der Waals surface area contributed by atoms with Crippen LogP contribution in [0.2, 0.25) is 18.1 Å². The van der Waals surface area contributed by atoms with Crippen LogP contribution >= 0.6 is 0 Å². The van der Waals surface area contributed by atoms with Crippen LogP contribution in [-0.4, -0.2) is 14.6 Å². The van der Waals surface area contributed by atoms with E-state index in [1.165, 1.54) is 6.26 Å². The monoisotopic (exact) mass is 380 g/mol. The zero-order chi connectivity index (χ0) is 18.2. The molecule has 0 N–H and O–H groups in total. The minimum Gasteiger partial charge on any atom is -0.467 e. The van der Waals surface area contributed by atoms with Gasteiger partial charge in [-0.2, -0.15) is 0 Å². The maximum absolute atomic E-state index is 9.77. The summed E-state index contributed by atoms with van der Waals surface area (Å²) in [5, 5.41) is 0.207. The molecule has 4 nitrogen and oxygen atoms in total. The maximum atomic E-state index is 9.77. The molecule has 0 spiro atoms. The van der Waals surface area contributed by atoms with E-state index >= 15 is 0 Å². The quantitative estimate of drug-likeness (QED) is 0.300. The van der Waals surface area contributed by atoms with Gasteiger partial charge in [-0.3, -0.25) is 4.79 Å². The van der Waals surface area contributed by atoms with Gasteiger partial charge in [-0.25, -0.2) is 0 Å². The van der Waals surface area contributed by atoms with Crippen molar-refractivity contribution in [2.75, 3.05) is 0 Å². The third-order valence-electron chi connectivity index (χ3n) is 4.14. The minimum atomic E-state index is -1.77. The first-order valence-corrected chi connectivity index (χ1v) is 10.9. The summed E-state index contributed by atoms with van der Waals surface area (Å²) in [6.07, 6.45) is 6.51. The zero-order valence-corrected chi connectivity index (χ0v) is 16.2. The van der Waals surface area contributed by atoms with Gasteiger partial charge in [0.25, 0.3) is 0 Å². The van der Waals surface area contributed by atoms with E-state index in [1.807, 2.05) is 18.2 Å². The molecule has 0 bridgehead atoms. The highest BCUT2D eigenvalue weighted by atomic mass is 28.4. The van der Waals surface area contributed by atoms with Crippen LogP contribution in [0.3, 0.4) is 0 Å². The van der Waals surface area contributed by atoms with Crippen LogP contribution in [0.1, 0.15) is 64.5 Å². The Morgan fingerprint density at radius 2 is 1.73 bits per heavy atom. The Kier molecular flexibility index (Phi) is 11.9. The molecule has 0 fully saturated rings. The fourth-order valence-corrected chi connectivity index (χ4v) is 3.02. The first kappa shape index (κ1) is 26.4. The van der Waals surface area contributed by atoms with Crippen LogP contribution < -0.4 is 0 Å². The molecule has 2 aromatic heterocycles. The molecule has 5 heteroatoms. The Hall–Kier alpha value is -1.85. The first-order valence-electron chi connectivity index (χ1n) is 8.02. The zero-order valence-electron chi connectivity index (χ0n) is 15.2. The molecule has 1 unspecified atom stereocenters. The van der Waals surface area contributed by atoms with E-state index in [0.717, 1.165) is 12.2 Å². The summed E-state index contributed by atoms with van der Waals surface area (Å²) in [7, 11) is -1.77. The largest absolute Gasteiger partial charge is 0.467 e. The Bertz CT molecular complexity index is 592. The lowest BCUT2D eigenvalue weighted by Crippen LogP contribution is -2.41. The molecule has 148 valence electrons. The smallest absolute Gasteiger partial charge is 0.193 e. The number of furan rings is 2. The van der Waals surface area contributed by atoms with Gasteiger partial charge >= 0.3 is 0 Å². The summed E-state index contributed by atoms with van der Waals surface area (Å²) in [4.78, 5) is 9.77. The predicted octanol–water partition coefficient (Wildman–Crippen LogP) is 7.28. The second-order valence-electron chi connectivity index (χ2n) is 7.04. The highest BCUT2D eigenvalue weighted by Gasteiger charge is 2.39. The number of carbonyl (C=O) groups is 1. The summed E-state index contributed by atoms with van der Waals surface area (Å²) >= 11 is 0. The molecule has 0 aliphatic carbocycles. The molecular formula is C21H36O4Si. The SMILES string of the molecule is C.C.C=CCC(O[Si](C)(C)C(C)(C)C)c1ccco1.O=Cc1ccco1. The van der Waals surface area contributed by atoms with Crippen molar-refractivity contribution >= 4 is 14.6 Å². The second-order valence-corrected chi connectivity index (χ2v) is 11.8. The molecule has 2 aromatic rings. The van der Waals surface area contributed by atoms with E-state index in [9.17, 15) is 4.79 Å². The van der Waals surface area contributed by atoms with Gasteiger partial charge in [0.1, 0.15) is 11.9 Å². The van der Waals surface area contributed by atoms with Crippen LogP contribution in [-0.2, 0) is 4.43 Å². The summed E-state index contributed by atoms with van der Waals surface area (Å²) < 4.78 is 16.4. The van der Waals surface area contributed by atoms with Crippen molar-refractivity contribution in [1.82, 2.24) is 0 Å². The molecule has 0 saturated heterocycles. The molecule has 0 amide bonds. The normalized spacial score (nSPS) is 11.9. The summed E-state index contributed by atoms with van der Waals surface area (Å²) in [5.41, 5.74) is 0. The van der Waals surface area contributed by atoms with Crippen molar-refractivity contribution in [2.45, 2.75) is 66.3 Å². The molecule has 0 radical (unpaired) electrons. The standard InChI is InChI=1S/C14H24O2Si.C5H4O2.2CH4/c1-7-9-13(12-10-8-11-15-12)16-17(5,6)14(2,3)4;6-4-5-2-1-3-7-5;;/h7-8,10-11,13H,1,9H2,2-6H3;1-4H;2*1H4. The van der Waals surface area contributed by atoms with Crippen molar-refractivity contribution in [3.8, 4) is 0 Å². The van der Waals surface area contributed by atoms with Gasteiger partial charge in [0.2, 0.25) is 0 Å². The van der Waals surface area contributed by atoms with E-state index in [0.29, 0.717) is 12.0 Å².